The summed E-state index contributed by atoms with van der Waals surface area (Å²) >= 11 is 0. The number of hydrogen-bond acceptors (Lipinski definition) is 2. The highest BCUT2D eigenvalue weighted by molar-refractivity contribution is 4.60. The van der Waals surface area contributed by atoms with E-state index in [2.05, 4.69) is 17.4 Å². The second-order valence-corrected chi connectivity index (χ2v) is 2.60. The van der Waals surface area contributed by atoms with Crippen LogP contribution in [-0.2, 0) is 0 Å². The first-order valence-corrected chi connectivity index (χ1v) is 3.92. The first-order chi connectivity index (χ1) is 4.43. The number of nitrogens with zero attached hydrogens (tertiary/aromatic N) is 1. The Balaban J connectivity index is 1.98. The molecular weight excluding hydrogens is 112 g/mol. The first kappa shape index (κ1) is 7.03. The average Bonchev–Trinajstić information content (AvgIpc) is 2.34. The molecule has 0 aromatic rings. The molecule has 0 spiro atoms. The maximum atomic E-state index is 3.32. The van der Waals surface area contributed by atoms with E-state index in [0.717, 1.165) is 0 Å². The average molecular weight is 128 g/mol. The molecule has 0 aliphatic carbocycles. The molecule has 1 saturated heterocycles. The highest BCUT2D eigenvalue weighted by Gasteiger charge is 2.07. The van der Waals surface area contributed by atoms with Crippen molar-refractivity contribution in [2.24, 2.45) is 0 Å². The van der Waals surface area contributed by atoms with Gasteiger partial charge in [0.15, 0.2) is 0 Å². The van der Waals surface area contributed by atoms with Gasteiger partial charge in [-0.3, -0.25) is 5.43 Å². The second-order valence-electron chi connectivity index (χ2n) is 2.60. The molecule has 0 bridgehead atoms. The van der Waals surface area contributed by atoms with E-state index in [9.17, 15) is 0 Å². The van der Waals surface area contributed by atoms with Crippen LogP contribution >= 0.6 is 0 Å². The van der Waals surface area contributed by atoms with Gasteiger partial charge in [0, 0.05) is 19.6 Å². The predicted molar refractivity (Wildman–Crippen MR) is 39.1 cm³/mol. The molecule has 1 fully saturated rings. The molecule has 0 radical (unpaired) electrons. The summed E-state index contributed by atoms with van der Waals surface area (Å²) < 4.78 is 0. The van der Waals surface area contributed by atoms with Crippen molar-refractivity contribution in [3.63, 3.8) is 0 Å². The van der Waals surface area contributed by atoms with E-state index in [4.69, 9.17) is 0 Å². The number of nitrogens with one attached hydrogen (secondary N) is 1. The van der Waals surface area contributed by atoms with Gasteiger partial charge in [-0.15, -0.1) is 0 Å². The molecular formula is C7H16N2. The Hall–Kier alpha value is -0.0800. The predicted octanol–water partition coefficient (Wildman–Crippen LogP) is 0.997. The maximum absolute atomic E-state index is 3.32. The fraction of sp³-hybridized carbons (Fsp3) is 1.00. The van der Waals surface area contributed by atoms with Crippen LogP contribution < -0.4 is 5.43 Å². The van der Waals surface area contributed by atoms with E-state index in [1.54, 1.807) is 0 Å². The summed E-state index contributed by atoms with van der Waals surface area (Å²) in [6.07, 6.45) is 3.95. The van der Waals surface area contributed by atoms with Gasteiger partial charge < -0.3 is 0 Å². The summed E-state index contributed by atoms with van der Waals surface area (Å²) in [6.45, 7) is 5.90. The van der Waals surface area contributed by atoms with E-state index < -0.39 is 0 Å². The molecule has 54 valence electrons. The number of rotatable bonds is 3. The lowest BCUT2D eigenvalue weighted by Gasteiger charge is -2.13. The SMILES string of the molecule is CCCCN1CCCN1. The van der Waals surface area contributed by atoms with Crippen LogP contribution in [0.5, 0.6) is 0 Å². The second kappa shape index (κ2) is 3.85. The highest BCUT2D eigenvalue weighted by atomic mass is 15.5. The monoisotopic (exact) mass is 128 g/mol. The fourth-order valence-electron chi connectivity index (χ4n) is 1.13. The molecule has 1 N–H and O–H groups in total. The van der Waals surface area contributed by atoms with Crippen molar-refractivity contribution < 1.29 is 0 Å². The van der Waals surface area contributed by atoms with Crippen LogP contribution in [0.3, 0.4) is 0 Å². The topological polar surface area (TPSA) is 15.3 Å². The summed E-state index contributed by atoms with van der Waals surface area (Å²) in [5, 5.41) is 2.32. The van der Waals surface area contributed by atoms with Gasteiger partial charge >= 0.3 is 0 Å². The van der Waals surface area contributed by atoms with Crippen LogP contribution in [-0.4, -0.2) is 24.6 Å². The van der Waals surface area contributed by atoms with Crippen molar-refractivity contribution in [3.05, 3.63) is 0 Å². The van der Waals surface area contributed by atoms with E-state index >= 15 is 0 Å². The summed E-state index contributed by atoms with van der Waals surface area (Å²) in [4.78, 5) is 0. The van der Waals surface area contributed by atoms with Gasteiger partial charge in [0.1, 0.15) is 0 Å². The molecule has 1 aliphatic rings. The number of hydrazine groups is 1. The van der Waals surface area contributed by atoms with Crippen LogP contribution in [0, 0.1) is 0 Å². The van der Waals surface area contributed by atoms with Gasteiger partial charge in [-0.05, 0) is 12.8 Å². The third-order valence-corrected chi connectivity index (χ3v) is 1.72. The number of unbranched alkanes of at least 4 members (excludes halogenated alkanes) is 1. The molecule has 2 nitrogen and oxygen atoms in total. The number of hydrogen-bond donors (Lipinski definition) is 1. The maximum Gasteiger partial charge on any atom is 0.0143 e. The minimum Gasteiger partial charge on any atom is -0.255 e. The summed E-state index contributed by atoms with van der Waals surface area (Å²) in [6, 6.07) is 0. The molecule has 0 unspecified atom stereocenters. The van der Waals surface area contributed by atoms with E-state index in [0.29, 0.717) is 0 Å². The Morgan fingerprint density at radius 1 is 1.56 bits per heavy atom. The Kier molecular flexibility index (Phi) is 3.01. The van der Waals surface area contributed by atoms with Crippen molar-refractivity contribution in [2.45, 2.75) is 26.2 Å². The summed E-state index contributed by atoms with van der Waals surface area (Å²) in [5.74, 6) is 0. The summed E-state index contributed by atoms with van der Waals surface area (Å²) in [7, 11) is 0. The van der Waals surface area contributed by atoms with Crippen molar-refractivity contribution in [1.82, 2.24) is 10.4 Å². The van der Waals surface area contributed by atoms with Gasteiger partial charge in [-0.25, -0.2) is 5.01 Å². The quantitative estimate of drug-likeness (QED) is 0.610. The molecule has 2 heteroatoms. The largest absolute Gasteiger partial charge is 0.255 e. The van der Waals surface area contributed by atoms with Crippen LogP contribution in [0.1, 0.15) is 26.2 Å². The van der Waals surface area contributed by atoms with Gasteiger partial charge in [0.25, 0.3) is 0 Å². The standard InChI is InChI=1S/C7H16N2/c1-2-3-6-9-7-4-5-8-9/h8H,2-7H2,1H3. The van der Waals surface area contributed by atoms with Crippen LogP contribution in [0.4, 0.5) is 0 Å². The van der Waals surface area contributed by atoms with Crippen molar-refractivity contribution >= 4 is 0 Å². The van der Waals surface area contributed by atoms with Gasteiger partial charge in [-0.1, -0.05) is 13.3 Å². The van der Waals surface area contributed by atoms with Crippen molar-refractivity contribution in [2.75, 3.05) is 19.6 Å². The van der Waals surface area contributed by atoms with Crippen LogP contribution in [0.2, 0.25) is 0 Å². The lowest BCUT2D eigenvalue weighted by molar-refractivity contribution is 0.249. The smallest absolute Gasteiger partial charge is 0.0143 e. The molecule has 0 saturated carbocycles. The van der Waals surface area contributed by atoms with E-state index in [1.165, 1.54) is 38.9 Å². The molecule has 0 atom stereocenters. The minimum absolute atomic E-state index is 1.18. The van der Waals surface area contributed by atoms with Gasteiger partial charge in [-0.2, -0.15) is 0 Å². The molecule has 0 aromatic heterocycles. The Morgan fingerprint density at radius 2 is 2.44 bits per heavy atom. The Bertz CT molecular complexity index is 67.3. The molecule has 9 heavy (non-hydrogen) atoms. The molecule has 1 rings (SSSR count). The van der Waals surface area contributed by atoms with Gasteiger partial charge in [0.2, 0.25) is 0 Å². The molecule has 0 aromatic carbocycles. The van der Waals surface area contributed by atoms with Crippen molar-refractivity contribution in [3.8, 4) is 0 Å². The first-order valence-electron chi connectivity index (χ1n) is 3.92. The summed E-state index contributed by atoms with van der Waals surface area (Å²) in [5.41, 5.74) is 3.32. The molecule has 0 amide bonds. The molecule has 1 aliphatic heterocycles. The van der Waals surface area contributed by atoms with Gasteiger partial charge in [0.05, 0.1) is 0 Å². The minimum atomic E-state index is 1.18. The lowest BCUT2D eigenvalue weighted by atomic mass is 10.3. The lowest BCUT2D eigenvalue weighted by Crippen LogP contribution is -2.31. The Labute approximate surface area is 57.2 Å². The zero-order valence-corrected chi connectivity index (χ0v) is 6.19. The third-order valence-electron chi connectivity index (χ3n) is 1.72. The fourth-order valence-corrected chi connectivity index (χ4v) is 1.13. The molecule has 1 heterocycles. The third kappa shape index (κ3) is 2.33. The Morgan fingerprint density at radius 3 is 3.00 bits per heavy atom. The normalized spacial score (nSPS) is 21.0. The zero-order valence-electron chi connectivity index (χ0n) is 6.19. The highest BCUT2D eigenvalue weighted by Crippen LogP contribution is 1.97. The van der Waals surface area contributed by atoms with E-state index in [1.807, 2.05) is 0 Å². The van der Waals surface area contributed by atoms with Crippen LogP contribution in [0.15, 0.2) is 0 Å². The van der Waals surface area contributed by atoms with E-state index in [-0.39, 0.29) is 0 Å². The van der Waals surface area contributed by atoms with Crippen LogP contribution in [0.25, 0.3) is 0 Å². The van der Waals surface area contributed by atoms with Crippen molar-refractivity contribution in [1.29, 1.82) is 0 Å². The zero-order chi connectivity index (χ0) is 6.53.